The highest BCUT2D eigenvalue weighted by Crippen LogP contribution is 2.60. The van der Waals surface area contributed by atoms with Gasteiger partial charge in [-0.05, 0) is 54.7 Å². The minimum absolute atomic E-state index is 0. The number of nitrogens with one attached hydrogen (secondary N) is 2. The molecule has 2 aliphatic carbocycles. The van der Waals surface area contributed by atoms with Crippen LogP contribution in [0.1, 0.15) is 29.9 Å². The molecule has 1 aliphatic heterocycles. The molecule has 1 aromatic carbocycles. The molecule has 4 rings (SSSR count). The first-order chi connectivity index (χ1) is 9.34. The molecule has 0 aromatic heterocycles. The quantitative estimate of drug-likeness (QED) is 0.893. The summed E-state index contributed by atoms with van der Waals surface area (Å²) in [6, 6.07) is 8.84. The van der Waals surface area contributed by atoms with E-state index in [1.54, 1.807) is 0 Å². The molecule has 3 aliphatic rings. The lowest BCUT2D eigenvalue weighted by atomic mass is 10.0. The van der Waals surface area contributed by atoms with Crippen molar-refractivity contribution >= 4 is 18.3 Å². The SMILES string of the molecule is Cl.O=C(NCC1C2Cc3ccccc3C12)C1CCCN1. The third kappa shape index (κ3) is 2.23. The summed E-state index contributed by atoms with van der Waals surface area (Å²) in [6.45, 7) is 1.85. The third-order valence-corrected chi connectivity index (χ3v) is 5.09. The second-order valence-electron chi connectivity index (χ2n) is 6.15. The van der Waals surface area contributed by atoms with E-state index in [9.17, 15) is 4.79 Å². The number of halogens is 1. The zero-order valence-electron chi connectivity index (χ0n) is 11.5. The average molecular weight is 293 g/mol. The molecule has 1 heterocycles. The Morgan fingerprint density at radius 3 is 3.00 bits per heavy atom. The predicted molar refractivity (Wildman–Crippen MR) is 81.1 cm³/mol. The maximum Gasteiger partial charge on any atom is 0.237 e. The zero-order chi connectivity index (χ0) is 12.8. The van der Waals surface area contributed by atoms with Crippen LogP contribution in [0.2, 0.25) is 0 Å². The highest BCUT2D eigenvalue weighted by Gasteiger charge is 2.55. The summed E-state index contributed by atoms with van der Waals surface area (Å²) in [5.74, 6) is 2.39. The maximum absolute atomic E-state index is 12.0. The molecule has 4 unspecified atom stereocenters. The van der Waals surface area contributed by atoms with E-state index >= 15 is 0 Å². The Hall–Kier alpha value is -1.06. The highest BCUT2D eigenvalue weighted by atomic mass is 35.5. The van der Waals surface area contributed by atoms with E-state index in [0.29, 0.717) is 11.8 Å². The number of carbonyl (C=O) groups excluding carboxylic acids is 1. The van der Waals surface area contributed by atoms with E-state index < -0.39 is 0 Å². The molecular formula is C16H21ClN2O. The minimum atomic E-state index is 0. The van der Waals surface area contributed by atoms with Crippen LogP contribution in [0.5, 0.6) is 0 Å². The van der Waals surface area contributed by atoms with Crippen molar-refractivity contribution in [3.63, 3.8) is 0 Å². The number of benzene rings is 1. The van der Waals surface area contributed by atoms with Crippen molar-refractivity contribution in [2.45, 2.75) is 31.2 Å². The van der Waals surface area contributed by atoms with Crippen LogP contribution in [-0.4, -0.2) is 25.0 Å². The van der Waals surface area contributed by atoms with Gasteiger partial charge in [0.15, 0.2) is 0 Å². The smallest absolute Gasteiger partial charge is 0.237 e. The first kappa shape index (κ1) is 13.9. The molecule has 1 amide bonds. The Bertz CT molecular complexity index is 513. The molecule has 20 heavy (non-hydrogen) atoms. The molecule has 1 saturated heterocycles. The standard InChI is InChI=1S/C16H20N2O.ClH/c19-16(14-6-3-7-17-14)18-9-13-12-8-10-4-1-2-5-11(10)15(12)13;/h1-2,4-5,12-15,17H,3,6-9H2,(H,18,19);1H. The van der Waals surface area contributed by atoms with Gasteiger partial charge in [-0.15, -0.1) is 12.4 Å². The van der Waals surface area contributed by atoms with Crippen molar-refractivity contribution in [2.75, 3.05) is 13.1 Å². The fourth-order valence-corrected chi connectivity index (χ4v) is 4.01. The molecule has 3 nitrogen and oxygen atoms in total. The van der Waals surface area contributed by atoms with Gasteiger partial charge in [0, 0.05) is 6.54 Å². The van der Waals surface area contributed by atoms with Crippen molar-refractivity contribution < 1.29 is 4.79 Å². The van der Waals surface area contributed by atoms with Gasteiger partial charge in [-0.3, -0.25) is 4.79 Å². The van der Waals surface area contributed by atoms with E-state index in [1.165, 1.54) is 17.5 Å². The summed E-state index contributed by atoms with van der Waals surface area (Å²) < 4.78 is 0. The molecule has 108 valence electrons. The van der Waals surface area contributed by atoms with Crippen molar-refractivity contribution in [3.8, 4) is 0 Å². The summed E-state index contributed by atoms with van der Waals surface area (Å²) in [6.07, 6.45) is 3.33. The third-order valence-electron chi connectivity index (χ3n) is 5.09. The summed E-state index contributed by atoms with van der Waals surface area (Å²) in [4.78, 5) is 12.0. The fraction of sp³-hybridized carbons (Fsp3) is 0.562. The molecule has 4 heteroatoms. The van der Waals surface area contributed by atoms with Gasteiger partial charge < -0.3 is 10.6 Å². The zero-order valence-corrected chi connectivity index (χ0v) is 12.3. The van der Waals surface area contributed by atoms with Crippen LogP contribution in [0.4, 0.5) is 0 Å². The molecule has 1 saturated carbocycles. The van der Waals surface area contributed by atoms with Gasteiger partial charge in [-0.1, -0.05) is 24.3 Å². The number of amides is 1. The molecule has 0 spiro atoms. The molecule has 2 fully saturated rings. The van der Waals surface area contributed by atoms with Crippen LogP contribution < -0.4 is 10.6 Å². The van der Waals surface area contributed by atoms with Crippen LogP contribution in [0.3, 0.4) is 0 Å². The largest absolute Gasteiger partial charge is 0.354 e. The number of rotatable bonds is 3. The van der Waals surface area contributed by atoms with Gasteiger partial charge in [-0.2, -0.15) is 0 Å². The molecule has 1 aromatic rings. The Morgan fingerprint density at radius 1 is 1.35 bits per heavy atom. The van der Waals surface area contributed by atoms with Gasteiger partial charge in [0.25, 0.3) is 0 Å². The molecular weight excluding hydrogens is 272 g/mol. The number of fused-ring (bicyclic) bond motifs is 3. The summed E-state index contributed by atoms with van der Waals surface area (Å²) in [5, 5.41) is 6.40. The summed E-state index contributed by atoms with van der Waals surface area (Å²) in [7, 11) is 0. The van der Waals surface area contributed by atoms with Crippen molar-refractivity contribution in [3.05, 3.63) is 35.4 Å². The summed E-state index contributed by atoms with van der Waals surface area (Å²) in [5.41, 5.74) is 3.06. The highest BCUT2D eigenvalue weighted by molar-refractivity contribution is 5.85. The van der Waals surface area contributed by atoms with Crippen LogP contribution in [0.25, 0.3) is 0 Å². The van der Waals surface area contributed by atoms with Crippen LogP contribution in [-0.2, 0) is 11.2 Å². The predicted octanol–water partition coefficient (Wildman–Crippen LogP) is 1.86. The number of hydrogen-bond acceptors (Lipinski definition) is 2. The van der Waals surface area contributed by atoms with Crippen LogP contribution in [0, 0.1) is 11.8 Å². The van der Waals surface area contributed by atoms with Gasteiger partial charge in [0.2, 0.25) is 5.91 Å². The molecule has 4 atom stereocenters. The number of carbonyl (C=O) groups is 1. The lowest BCUT2D eigenvalue weighted by Gasteiger charge is -2.12. The summed E-state index contributed by atoms with van der Waals surface area (Å²) >= 11 is 0. The van der Waals surface area contributed by atoms with Gasteiger partial charge in [-0.25, -0.2) is 0 Å². The second kappa shape index (κ2) is 5.38. The molecule has 2 N–H and O–H groups in total. The monoisotopic (exact) mass is 292 g/mol. The maximum atomic E-state index is 12.0. The Morgan fingerprint density at radius 2 is 2.20 bits per heavy atom. The first-order valence-electron chi connectivity index (χ1n) is 7.43. The van der Waals surface area contributed by atoms with E-state index in [0.717, 1.165) is 31.8 Å². The lowest BCUT2D eigenvalue weighted by Crippen LogP contribution is -2.41. The van der Waals surface area contributed by atoms with Crippen LogP contribution in [0.15, 0.2) is 24.3 Å². The number of hydrogen-bond donors (Lipinski definition) is 2. The van der Waals surface area contributed by atoms with E-state index in [-0.39, 0.29) is 24.4 Å². The van der Waals surface area contributed by atoms with E-state index in [1.807, 2.05) is 0 Å². The van der Waals surface area contributed by atoms with Crippen molar-refractivity contribution in [1.82, 2.24) is 10.6 Å². The molecule has 0 bridgehead atoms. The van der Waals surface area contributed by atoms with Crippen molar-refractivity contribution in [2.24, 2.45) is 11.8 Å². The first-order valence-corrected chi connectivity index (χ1v) is 7.43. The Kier molecular flexibility index (Phi) is 3.74. The van der Waals surface area contributed by atoms with Gasteiger partial charge in [0.1, 0.15) is 0 Å². The Labute approximate surface area is 125 Å². The normalized spacial score (nSPS) is 33.0. The van der Waals surface area contributed by atoms with Gasteiger partial charge in [0.05, 0.1) is 6.04 Å². The fourth-order valence-electron chi connectivity index (χ4n) is 4.01. The van der Waals surface area contributed by atoms with Crippen LogP contribution >= 0.6 is 12.4 Å². The van der Waals surface area contributed by atoms with Crippen molar-refractivity contribution in [1.29, 1.82) is 0 Å². The average Bonchev–Trinajstić information content (AvgIpc) is 2.87. The topological polar surface area (TPSA) is 41.1 Å². The molecule has 0 radical (unpaired) electrons. The lowest BCUT2D eigenvalue weighted by molar-refractivity contribution is -0.122. The van der Waals surface area contributed by atoms with E-state index in [4.69, 9.17) is 0 Å². The van der Waals surface area contributed by atoms with Gasteiger partial charge >= 0.3 is 0 Å². The van der Waals surface area contributed by atoms with E-state index in [2.05, 4.69) is 34.9 Å². The Balaban J connectivity index is 0.00000121. The second-order valence-corrected chi connectivity index (χ2v) is 6.15. The minimum Gasteiger partial charge on any atom is -0.354 e.